The number of carbonyl (C=O) groups is 1. The van der Waals surface area contributed by atoms with E-state index in [4.69, 9.17) is 27.9 Å². The Kier molecular flexibility index (Phi) is 6.84. The van der Waals surface area contributed by atoms with Gasteiger partial charge in [0.15, 0.2) is 16.8 Å². The minimum atomic E-state index is -0.0779. The average molecular weight is 484 g/mol. The molecule has 0 aliphatic heterocycles. The Morgan fingerprint density at radius 1 is 1.00 bits per heavy atom. The predicted molar refractivity (Wildman–Crippen MR) is 130 cm³/mol. The third kappa shape index (κ3) is 4.67. The number of aryl methyl sites for hydroxylation is 1. The van der Waals surface area contributed by atoms with E-state index in [1.807, 2.05) is 60.0 Å². The number of halogens is 2. The highest BCUT2D eigenvalue weighted by Crippen LogP contribution is 2.33. The van der Waals surface area contributed by atoms with Crippen molar-refractivity contribution in [3.05, 3.63) is 87.9 Å². The standard InChI is InChI=1S/C24H19Cl2N3O2S/c1-15-7-10-17(11-8-15)29-23(18-5-3-4-6-22(18)31-2)27-28-24(29)32-14-21(30)16-9-12-19(25)20(26)13-16/h3-13H,14H2,1-2H3. The second-order valence-electron chi connectivity index (χ2n) is 7.02. The SMILES string of the molecule is COc1ccccc1-c1nnc(SCC(=O)c2ccc(Cl)c(Cl)c2)n1-c1ccc(C)cc1. The third-order valence-electron chi connectivity index (χ3n) is 4.85. The molecule has 4 aromatic rings. The van der Waals surface area contributed by atoms with Gasteiger partial charge in [-0.05, 0) is 49.4 Å². The lowest BCUT2D eigenvalue weighted by atomic mass is 10.1. The minimum Gasteiger partial charge on any atom is -0.496 e. The van der Waals surface area contributed by atoms with Crippen LogP contribution in [0.1, 0.15) is 15.9 Å². The Balaban J connectivity index is 1.70. The molecular formula is C24H19Cl2N3O2S. The van der Waals surface area contributed by atoms with Crippen LogP contribution in [0.15, 0.2) is 71.9 Å². The molecule has 3 aromatic carbocycles. The predicted octanol–water partition coefficient (Wildman–Crippen LogP) is 6.53. The number of ketones is 1. The maximum absolute atomic E-state index is 12.8. The van der Waals surface area contributed by atoms with Crippen LogP contribution in [0.3, 0.4) is 0 Å². The molecule has 0 saturated heterocycles. The van der Waals surface area contributed by atoms with Crippen LogP contribution < -0.4 is 4.74 Å². The van der Waals surface area contributed by atoms with Gasteiger partial charge in [-0.2, -0.15) is 0 Å². The van der Waals surface area contributed by atoms with Crippen molar-refractivity contribution in [2.45, 2.75) is 12.1 Å². The normalized spacial score (nSPS) is 10.9. The second-order valence-corrected chi connectivity index (χ2v) is 8.78. The summed E-state index contributed by atoms with van der Waals surface area (Å²) in [4.78, 5) is 12.8. The molecule has 5 nitrogen and oxygen atoms in total. The Morgan fingerprint density at radius 3 is 2.47 bits per heavy atom. The van der Waals surface area contributed by atoms with Crippen molar-refractivity contribution < 1.29 is 9.53 Å². The van der Waals surface area contributed by atoms with Gasteiger partial charge in [0, 0.05) is 11.3 Å². The molecular weight excluding hydrogens is 465 g/mol. The lowest BCUT2D eigenvalue weighted by Gasteiger charge is -2.12. The number of para-hydroxylation sites is 1. The molecule has 0 spiro atoms. The van der Waals surface area contributed by atoms with Gasteiger partial charge in [0.2, 0.25) is 0 Å². The fourth-order valence-corrected chi connectivity index (χ4v) is 4.32. The number of aromatic nitrogens is 3. The third-order valence-corrected chi connectivity index (χ3v) is 6.52. The first-order chi connectivity index (χ1) is 15.5. The van der Waals surface area contributed by atoms with Gasteiger partial charge in [-0.1, -0.05) is 64.8 Å². The van der Waals surface area contributed by atoms with Gasteiger partial charge in [0.1, 0.15) is 5.75 Å². The maximum Gasteiger partial charge on any atom is 0.196 e. The van der Waals surface area contributed by atoms with Crippen LogP contribution in [0.25, 0.3) is 17.1 Å². The summed E-state index contributed by atoms with van der Waals surface area (Å²) >= 11 is 13.3. The fourth-order valence-electron chi connectivity index (χ4n) is 3.18. The Labute approximate surface area is 200 Å². The number of hydrogen-bond acceptors (Lipinski definition) is 5. The van der Waals surface area contributed by atoms with E-state index in [1.54, 1.807) is 25.3 Å². The molecule has 32 heavy (non-hydrogen) atoms. The molecule has 1 aromatic heterocycles. The minimum absolute atomic E-state index is 0.0779. The molecule has 0 unspecified atom stereocenters. The van der Waals surface area contributed by atoms with E-state index in [-0.39, 0.29) is 11.5 Å². The van der Waals surface area contributed by atoms with Gasteiger partial charge in [-0.15, -0.1) is 10.2 Å². The van der Waals surface area contributed by atoms with Gasteiger partial charge in [0.05, 0.1) is 28.5 Å². The summed E-state index contributed by atoms with van der Waals surface area (Å²) in [6, 6.07) is 20.6. The highest BCUT2D eigenvalue weighted by Gasteiger charge is 2.20. The fraction of sp³-hybridized carbons (Fsp3) is 0.125. The average Bonchev–Trinajstić information content (AvgIpc) is 3.23. The zero-order valence-electron chi connectivity index (χ0n) is 17.4. The molecule has 0 saturated carbocycles. The zero-order chi connectivity index (χ0) is 22.7. The molecule has 0 aliphatic rings. The largest absolute Gasteiger partial charge is 0.496 e. The van der Waals surface area contributed by atoms with Gasteiger partial charge in [-0.25, -0.2) is 0 Å². The number of ether oxygens (including phenoxy) is 1. The van der Waals surface area contributed by atoms with Gasteiger partial charge in [-0.3, -0.25) is 9.36 Å². The van der Waals surface area contributed by atoms with Crippen molar-refractivity contribution in [2.24, 2.45) is 0 Å². The molecule has 0 aliphatic carbocycles. The molecule has 0 amide bonds. The Morgan fingerprint density at radius 2 is 1.75 bits per heavy atom. The van der Waals surface area contributed by atoms with Crippen molar-refractivity contribution in [1.29, 1.82) is 0 Å². The summed E-state index contributed by atoms with van der Waals surface area (Å²) in [5.41, 5.74) is 3.35. The van der Waals surface area contributed by atoms with Crippen molar-refractivity contribution in [2.75, 3.05) is 12.9 Å². The van der Waals surface area contributed by atoms with Crippen LogP contribution in [-0.4, -0.2) is 33.4 Å². The number of Topliss-reactive ketones (excluding diaryl/α,β-unsaturated/α-hetero) is 1. The first kappa shape index (κ1) is 22.4. The Bertz CT molecular complexity index is 1270. The summed E-state index contributed by atoms with van der Waals surface area (Å²) in [6.45, 7) is 2.03. The number of carbonyl (C=O) groups excluding carboxylic acids is 1. The van der Waals surface area contributed by atoms with E-state index >= 15 is 0 Å². The van der Waals surface area contributed by atoms with Crippen LogP contribution in [0.5, 0.6) is 5.75 Å². The van der Waals surface area contributed by atoms with E-state index in [2.05, 4.69) is 10.2 Å². The number of hydrogen-bond donors (Lipinski definition) is 0. The topological polar surface area (TPSA) is 57.0 Å². The summed E-state index contributed by atoms with van der Waals surface area (Å²) < 4.78 is 7.47. The van der Waals surface area contributed by atoms with Crippen molar-refractivity contribution in [3.63, 3.8) is 0 Å². The highest BCUT2D eigenvalue weighted by atomic mass is 35.5. The van der Waals surface area contributed by atoms with Gasteiger partial charge < -0.3 is 4.74 Å². The second kappa shape index (κ2) is 9.77. The molecule has 8 heteroatoms. The number of thioether (sulfide) groups is 1. The summed E-state index contributed by atoms with van der Waals surface area (Å²) in [5, 5.41) is 10.2. The van der Waals surface area contributed by atoms with E-state index in [0.717, 1.165) is 16.8 Å². The Hall–Kier alpha value is -2.80. The van der Waals surface area contributed by atoms with Crippen LogP contribution in [0, 0.1) is 6.92 Å². The van der Waals surface area contributed by atoms with E-state index in [0.29, 0.717) is 32.3 Å². The number of methoxy groups -OCH3 is 1. The number of rotatable bonds is 7. The van der Waals surface area contributed by atoms with Crippen LogP contribution in [0.2, 0.25) is 10.0 Å². The molecule has 4 rings (SSSR count). The first-order valence-corrected chi connectivity index (χ1v) is 11.5. The highest BCUT2D eigenvalue weighted by molar-refractivity contribution is 7.99. The van der Waals surface area contributed by atoms with Crippen molar-refractivity contribution in [1.82, 2.24) is 14.8 Å². The molecule has 0 N–H and O–H groups in total. The quantitative estimate of drug-likeness (QED) is 0.220. The monoisotopic (exact) mass is 483 g/mol. The molecule has 0 atom stereocenters. The smallest absolute Gasteiger partial charge is 0.196 e. The summed E-state index contributed by atoms with van der Waals surface area (Å²) in [7, 11) is 1.62. The molecule has 162 valence electrons. The molecule has 0 bridgehead atoms. The molecule has 0 radical (unpaired) electrons. The van der Waals surface area contributed by atoms with E-state index < -0.39 is 0 Å². The molecule has 1 heterocycles. The van der Waals surface area contributed by atoms with E-state index in [1.165, 1.54) is 11.8 Å². The summed E-state index contributed by atoms with van der Waals surface area (Å²) in [5.74, 6) is 1.42. The lowest BCUT2D eigenvalue weighted by molar-refractivity contribution is 0.102. The maximum atomic E-state index is 12.8. The van der Waals surface area contributed by atoms with Gasteiger partial charge >= 0.3 is 0 Å². The zero-order valence-corrected chi connectivity index (χ0v) is 19.7. The van der Waals surface area contributed by atoms with Crippen molar-refractivity contribution >= 4 is 40.7 Å². The van der Waals surface area contributed by atoms with Crippen LogP contribution >= 0.6 is 35.0 Å². The van der Waals surface area contributed by atoms with Crippen molar-refractivity contribution in [3.8, 4) is 22.8 Å². The molecule has 0 fully saturated rings. The van der Waals surface area contributed by atoms with Crippen LogP contribution in [0.4, 0.5) is 0 Å². The van der Waals surface area contributed by atoms with Crippen LogP contribution in [-0.2, 0) is 0 Å². The van der Waals surface area contributed by atoms with E-state index in [9.17, 15) is 4.79 Å². The summed E-state index contributed by atoms with van der Waals surface area (Å²) in [6.07, 6.45) is 0. The van der Waals surface area contributed by atoms with Gasteiger partial charge in [0.25, 0.3) is 0 Å². The first-order valence-electron chi connectivity index (χ1n) is 9.75. The lowest BCUT2D eigenvalue weighted by Crippen LogP contribution is -2.05. The number of benzene rings is 3. The number of nitrogens with zero attached hydrogens (tertiary/aromatic N) is 3.